The summed E-state index contributed by atoms with van der Waals surface area (Å²) in [6.45, 7) is 10.9. The van der Waals surface area contributed by atoms with Crippen molar-refractivity contribution in [1.29, 1.82) is 0 Å². The fourth-order valence-electron chi connectivity index (χ4n) is 5.17. The van der Waals surface area contributed by atoms with E-state index in [0.29, 0.717) is 12.8 Å². The number of esters is 2. The predicted molar refractivity (Wildman–Crippen MR) is 156 cm³/mol. The van der Waals surface area contributed by atoms with E-state index in [-0.39, 0.29) is 35.9 Å². The number of ether oxygens (including phenoxy) is 4. The number of methoxy groups -OCH3 is 2. The molecule has 4 rings (SSSR count). The van der Waals surface area contributed by atoms with Gasteiger partial charge in [0, 0.05) is 0 Å². The number of hydrogen-bond acceptors (Lipinski definition) is 8. The van der Waals surface area contributed by atoms with Crippen LogP contribution < -0.4 is 10.6 Å². The predicted octanol–water partition coefficient (Wildman–Crippen LogP) is 5.83. The standard InChI is InChI=1S/2C16H21NO4/c2*1-16(2,3)21-15(19)17-13-9-12(14(18)20-4)10-7-5-6-8-11(10)13/h2*5-8,12-13H,9H2,1-4H3,(H,17,19)/t2*12-,13+/m10/s1. The van der Waals surface area contributed by atoms with E-state index in [2.05, 4.69) is 10.6 Å². The molecule has 2 amide bonds. The van der Waals surface area contributed by atoms with Crippen molar-refractivity contribution in [3.63, 3.8) is 0 Å². The van der Waals surface area contributed by atoms with Crippen molar-refractivity contribution in [1.82, 2.24) is 10.6 Å². The van der Waals surface area contributed by atoms with Crippen molar-refractivity contribution in [2.75, 3.05) is 14.2 Å². The molecule has 228 valence electrons. The molecule has 0 aromatic heterocycles. The van der Waals surface area contributed by atoms with E-state index in [0.717, 1.165) is 22.3 Å². The molecular formula is C32H42N2O8. The molecule has 0 saturated carbocycles. The number of amides is 2. The van der Waals surface area contributed by atoms with Crippen molar-refractivity contribution in [3.8, 4) is 0 Å². The fourth-order valence-corrected chi connectivity index (χ4v) is 5.17. The molecule has 0 aliphatic heterocycles. The number of nitrogens with one attached hydrogen (secondary N) is 2. The highest BCUT2D eigenvalue weighted by atomic mass is 16.6. The third kappa shape index (κ3) is 8.47. The van der Waals surface area contributed by atoms with Crippen LogP contribution in [0.4, 0.5) is 9.59 Å². The van der Waals surface area contributed by atoms with Gasteiger partial charge in [-0.25, -0.2) is 9.59 Å². The van der Waals surface area contributed by atoms with Crippen LogP contribution in [0.3, 0.4) is 0 Å². The molecule has 10 heteroatoms. The average Bonchev–Trinajstić information content (AvgIpc) is 3.45. The first kappa shape index (κ1) is 32.4. The summed E-state index contributed by atoms with van der Waals surface area (Å²) in [6, 6.07) is 14.7. The van der Waals surface area contributed by atoms with Crippen LogP contribution in [0.5, 0.6) is 0 Å². The zero-order valence-electron chi connectivity index (χ0n) is 25.6. The molecule has 2 N–H and O–H groups in total. The summed E-state index contributed by atoms with van der Waals surface area (Å²) >= 11 is 0. The third-order valence-corrected chi connectivity index (χ3v) is 6.79. The summed E-state index contributed by atoms with van der Waals surface area (Å²) in [7, 11) is 2.75. The third-order valence-electron chi connectivity index (χ3n) is 6.79. The van der Waals surface area contributed by atoms with Gasteiger partial charge < -0.3 is 29.6 Å². The van der Waals surface area contributed by atoms with Crippen LogP contribution >= 0.6 is 0 Å². The van der Waals surface area contributed by atoms with E-state index in [1.807, 2.05) is 90.1 Å². The van der Waals surface area contributed by atoms with Crippen LogP contribution in [0.25, 0.3) is 0 Å². The van der Waals surface area contributed by atoms with E-state index in [1.165, 1.54) is 14.2 Å². The van der Waals surface area contributed by atoms with Gasteiger partial charge >= 0.3 is 24.1 Å². The van der Waals surface area contributed by atoms with Crippen LogP contribution in [0.2, 0.25) is 0 Å². The van der Waals surface area contributed by atoms with Crippen molar-refractivity contribution in [2.24, 2.45) is 0 Å². The van der Waals surface area contributed by atoms with Gasteiger partial charge in [0.25, 0.3) is 0 Å². The first-order chi connectivity index (χ1) is 19.6. The summed E-state index contributed by atoms with van der Waals surface area (Å²) in [5.74, 6) is -1.25. The summed E-state index contributed by atoms with van der Waals surface area (Å²) in [5.41, 5.74) is 2.60. The van der Waals surface area contributed by atoms with E-state index >= 15 is 0 Å². The van der Waals surface area contributed by atoms with Gasteiger partial charge in [-0.15, -0.1) is 0 Å². The lowest BCUT2D eigenvalue weighted by molar-refractivity contribution is -0.143. The smallest absolute Gasteiger partial charge is 0.408 e. The van der Waals surface area contributed by atoms with Crippen LogP contribution in [-0.2, 0) is 28.5 Å². The molecule has 0 radical (unpaired) electrons. The molecule has 4 atom stereocenters. The van der Waals surface area contributed by atoms with Crippen molar-refractivity contribution in [3.05, 3.63) is 70.8 Å². The van der Waals surface area contributed by atoms with Crippen LogP contribution in [0.1, 0.15) is 101 Å². The number of benzene rings is 2. The highest BCUT2D eigenvalue weighted by Crippen LogP contribution is 2.42. The quantitative estimate of drug-likeness (QED) is 0.341. The Morgan fingerprint density at radius 1 is 0.595 bits per heavy atom. The van der Waals surface area contributed by atoms with Crippen LogP contribution in [0.15, 0.2) is 48.5 Å². The van der Waals surface area contributed by atoms with Crippen molar-refractivity contribution >= 4 is 24.1 Å². The number of rotatable bonds is 4. The van der Waals surface area contributed by atoms with Gasteiger partial charge in [0.1, 0.15) is 11.2 Å². The van der Waals surface area contributed by atoms with Gasteiger partial charge in [-0.05, 0) is 76.6 Å². The molecule has 0 saturated heterocycles. The number of fused-ring (bicyclic) bond motifs is 2. The first-order valence-electron chi connectivity index (χ1n) is 14.0. The highest BCUT2D eigenvalue weighted by molar-refractivity contribution is 5.81. The normalized spacial score (nSPS) is 20.6. The molecule has 0 heterocycles. The Morgan fingerprint density at radius 3 is 1.19 bits per heavy atom. The number of hydrogen-bond donors (Lipinski definition) is 2. The lowest BCUT2D eigenvalue weighted by Gasteiger charge is -2.22. The second-order valence-electron chi connectivity index (χ2n) is 12.3. The Labute approximate surface area is 247 Å². The summed E-state index contributed by atoms with van der Waals surface area (Å²) in [5, 5.41) is 5.66. The van der Waals surface area contributed by atoms with Gasteiger partial charge in [-0.1, -0.05) is 48.5 Å². The molecule has 0 spiro atoms. The minimum absolute atomic E-state index is 0.236. The minimum atomic E-state index is -0.552. The molecule has 2 aliphatic carbocycles. The molecule has 2 aromatic rings. The molecule has 10 nitrogen and oxygen atoms in total. The number of carbonyl (C=O) groups is 4. The zero-order chi connectivity index (χ0) is 31.2. The second-order valence-corrected chi connectivity index (χ2v) is 12.3. The van der Waals surface area contributed by atoms with E-state index in [4.69, 9.17) is 18.9 Å². The Bertz CT molecular complexity index is 1190. The van der Waals surface area contributed by atoms with E-state index in [1.54, 1.807) is 0 Å². The molecule has 2 aliphatic rings. The number of carbonyl (C=O) groups excluding carboxylic acids is 4. The molecular weight excluding hydrogens is 540 g/mol. The Balaban J connectivity index is 0.000000230. The maximum Gasteiger partial charge on any atom is 0.408 e. The zero-order valence-corrected chi connectivity index (χ0v) is 25.6. The Morgan fingerprint density at radius 2 is 0.905 bits per heavy atom. The lowest BCUT2D eigenvalue weighted by Crippen LogP contribution is -2.34. The maximum atomic E-state index is 11.9. The largest absolute Gasteiger partial charge is 0.469 e. The molecule has 2 aromatic carbocycles. The molecule has 0 fully saturated rings. The molecule has 0 unspecified atom stereocenters. The topological polar surface area (TPSA) is 129 Å². The Hall–Kier alpha value is -4.08. The Kier molecular flexibility index (Phi) is 10.2. The van der Waals surface area contributed by atoms with Crippen LogP contribution in [-0.4, -0.2) is 49.5 Å². The van der Waals surface area contributed by atoms with Gasteiger partial charge in [-0.2, -0.15) is 0 Å². The lowest BCUT2D eigenvalue weighted by atomic mass is 10.0. The van der Waals surface area contributed by atoms with Gasteiger partial charge in [-0.3, -0.25) is 9.59 Å². The van der Waals surface area contributed by atoms with Crippen LogP contribution in [0, 0.1) is 0 Å². The summed E-state index contributed by atoms with van der Waals surface area (Å²) < 4.78 is 20.2. The average molecular weight is 583 g/mol. The second kappa shape index (κ2) is 13.3. The van der Waals surface area contributed by atoms with Gasteiger partial charge in [0.15, 0.2) is 0 Å². The SMILES string of the molecule is COC(=O)[C@@H]1C[C@H](NC(=O)OC(C)(C)C)c2ccccc21.COC(=O)[C@H]1C[C@@H](NC(=O)OC(C)(C)C)c2ccccc21. The first-order valence-corrected chi connectivity index (χ1v) is 14.0. The number of alkyl carbamates (subject to hydrolysis) is 2. The fraction of sp³-hybridized carbons (Fsp3) is 0.500. The maximum absolute atomic E-state index is 11.9. The highest BCUT2D eigenvalue weighted by Gasteiger charge is 2.38. The van der Waals surface area contributed by atoms with Gasteiger partial charge in [0.05, 0.1) is 38.1 Å². The van der Waals surface area contributed by atoms with Crippen molar-refractivity contribution in [2.45, 2.75) is 89.5 Å². The molecule has 0 bridgehead atoms. The van der Waals surface area contributed by atoms with E-state index in [9.17, 15) is 19.2 Å². The molecule has 42 heavy (non-hydrogen) atoms. The summed E-state index contributed by atoms with van der Waals surface area (Å²) in [4.78, 5) is 47.6. The summed E-state index contributed by atoms with van der Waals surface area (Å²) in [6.07, 6.45) is 0.0249. The van der Waals surface area contributed by atoms with Gasteiger partial charge in [0.2, 0.25) is 0 Å². The minimum Gasteiger partial charge on any atom is -0.469 e. The van der Waals surface area contributed by atoms with Crippen molar-refractivity contribution < 1.29 is 38.1 Å². The monoisotopic (exact) mass is 582 g/mol. The van der Waals surface area contributed by atoms with E-state index < -0.39 is 23.4 Å².